The Hall–Kier alpha value is -0.450. The van der Waals surface area contributed by atoms with Crippen molar-refractivity contribution in [1.29, 1.82) is 0 Å². The third-order valence-electron chi connectivity index (χ3n) is 5.07. The number of aryl methyl sites for hydroxylation is 2. The molecule has 2 heterocycles. The molecule has 0 amide bonds. The molecule has 2 fully saturated rings. The van der Waals surface area contributed by atoms with Gasteiger partial charge in [-0.2, -0.15) is 0 Å². The first-order chi connectivity index (χ1) is 10.2. The van der Waals surface area contributed by atoms with Crippen molar-refractivity contribution in [3.8, 4) is 0 Å². The fraction of sp³-hybridized carbons (Fsp3) is 0.824. The van der Waals surface area contributed by atoms with Crippen molar-refractivity contribution in [3.63, 3.8) is 0 Å². The Balaban J connectivity index is 1.87. The van der Waals surface area contributed by atoms with Gasteiger partial charge in [-0.15, -0.1) is 11.3 Å². The molecule has 1 saturated heterocycles. The maximum atomic E-state index is 5.03. The van der Waals surface area contributed by atoms with E-state index in [9.17, 15) is 0 Å². The van der Waals surface area contributed by atoms with Crippen LogP contribution in [0.15, 0.2) is 0 Å². The second-order valence-electron chi connectivity index (χ2n) is 6.66. The van der Waals surface area contributed by atoms with E-state index in [1.165, 1.54) is 67.3 Å². The molecule has 1 aliphatic heterocycles. The van der Waals surface area contributed by atoms with E-state index in [2.05, 4.69) is 31.0 Å². The predicted octanol–water partition coefficient (Wildman–Crippen LogP) is 3.47. The molecule has 1 unspecified atom stereocenters. The van der Waals surface area contributed by atoms with Gasteiger partial charge in [0.15, 0.2) is 0 Å². The van der Waals surface area contributed by atoms with Gasteiger partial charge in [0, 0.05) is 17.5 Å². The standard InChI is InChI=1S/C17H29N3S/c1-4-15-13(3)21-16(18-15)17(19-14-7-8-14)9-6-11-20(5-2)12-10-17/h14,19H,4-12H2,1-3H3. The van der Waals surface area contributed by atoms with E-state index in [1.807, 2.05) is 11.3 Å². The summed E-state index contributed by atoms with van der Waals surface area (Å²) < 4.78 is 0. The van der Waals surface area contributed by atoms with Crippen LogP contribution in [0.3, 0.4) is 0 Å². The third kappa shape index (κ3) is 3.33. The van der Waals surface area contributed by atoms with E-state index in [-0.39, 0.29) is 5.54 Å². The molecule has 1 aromatic rings. The van der Waals surface area contributed by atoms with Gasteiger partial charge in [0.05, 0.1) is 11.2 Å². The monoisotopic (exact) mass is 307 g/mol. The molecule has 3 nitrogen and oxygen atoms in total. The number of nitrogens with zero attached hydrogens (tertiary/aromatic N) is 2. The smallest absolute Gasteiger partial charge is 0.113 e. The molecule has 0 radical (unpaired) electrons. The molecule has 1 saturated carbocycles. The normalized spacial score (nSPS) is 27.8. The largest absolute Gasteiger partial charge is 0.304 e. The topological polar surface area (TPSA) is 28.2 Å². The van der Waals surface area contributed by atoms with Crippen LogP contribution in [0.4, 0.5) is 0 Å². The quantitative estimate of drug-likeness (QED) is 0.903. The lowest BCUT2D eigenvalue weighted by Crippen LogP contribution is -2.44. The maximum absolute atomic E-state index is 5.03. The molecular weight excluding hydrogens is 278 g/mol. The molecule has 1 aliphatic carbocycles. The van der Waals surface area contributed by atoms with Crippen LogP contribution in [0.2, 0.25) is 0 Å². The Labute approximate surface area is 133 Å². The van der Waals surface area contributed by atoms with Crippen molar-refractivity contribution in [3.05, 3.63) is 15.6 Å². The van der Waals surface area contributed by atoms with Crippen molar-refractivity contribution in [2.45, 2.75) is 70.9 Å². The summed E-state index contributed by atoms with van der Waals surface area (Å²) in [6.07, 6.45) is 7.51. The number of hydrogen-bond acceptors (Lipinski definition) is 4. The molecule has 0 bridgehead atoms. The van der Waals surface area contributed by atoms with Gasteiger partial charge < -0.3 is 10.2 Å². The van der Waals surface area contributed by atoms with E-state index in [4.69, 9.17) is 4.98 Å². The highest BCUT2D eigenvalue weighted by Gasteiger charge is 2.41. The van der Waals surface area contributed by atoms with Crippen molar-refractivity contribution >= 4 is 11.3 Å². The van der Waals surface area contributed by atoms with E-state index < -0.39 is 0 Å². The zero-order chi connectivity index (χ0) is 14.9. The number of rotatable bonds is 5. The summed E-state index contributed by atoms with van der Waals surface area (Å²) >= 11 is 1.94. The minimum Gasteiger partial charge on any atom is -0.304 e. The summed E-state index contributed by atoms with van der Waals surface area (Å²) in [5, 5.41) is 5.36. The fourth-order valence-corrected chi connectivity index (χ4v) is 4.72. The maximum Gasteiger partial charge on any atom is 0.113 e. The van der Waals surface area contributed by atoms with Gasteiger partial charge in [-0.05, 0) is 58.5 Å². The van der Waals surface area contributed by atoms with Gasteiger partial charge in [0.1, 0.15) is 5.01 Å². The molecule has 3 rings (SSSR count). The predicted molar refractivity (Wildman–Crippen MR) is 90.0 cm³/mol. The first kappa shape index (κ1) is 15.4. The molecule has 0 aromatic carbocycles. The lowest BCUT2D eigenvalue weighted by Gasteiger charge is -2.32. The zero-order valence-electron chi connectivity index (χ0n) is 13.7. The van der Waals surface area contributed by atoms with Gasteiger partial charge in [-0.3, -0.25) is 0 Å². The molecule has 0 spiro atoms. The third-order valence-corrected chi connectivity index (χ3v) is 6.29. The fourth-order valence-electron chi connectivity index (χ4n) is 3.51. The van der Waals surface area contributed by atoms with Crippen molar-refractivity contribution in [2.75, 3.05) is 19.6 Å². The number of aromatic nitrogens is 1. The molecule has 21 heavy (non-hydrogen) atoms. The summed E-state index contributed by atoms with van der Waals surface area (Å²) in [5.74, 6) is 0. The average Bonchev–Trinajstić information content (AvgIpc) is 3.25. The second kappa shape index (κ2) is 6.35. The van der Waals surface area contributed by atoms with Gasteiger partial charge >= 0.3 is 0 Å². The average molecular weight is 308 g/mol. The first-order valence-corrected chi connectivity index (χ1v) is 9.45. The van der Waals surface area contributed by atoms with Gasteiger partial charge in [0.25, 0.3) is 0 Å². The van der Waals surface area contributed by atoms with E-state index >= 15 is 0 Å². The van der Waals surface area contributed by atoms with Crippen LogP contribution < -0.4 is 5.32 Å². The Morgan fingerprint density at radius 2 is 2.10 bits per heavy atom. The van der Waals surface area contributed by atoms with Crippen LogP contribution in [0.5, 0.6) is 0 Å². The molecule has 1 atom stereocenters. The summed E-state index contributed by atoms with van der Waals surface area (Å²) in [5.41, 5.74) is 1.46. The first-order valence-electron chi connectivity index (χ1n) is 8.63. The molecule has 2 aliphatic rings. The summed E-state index contributed by atoms with van der Waals surface area (Å²) in [4.78, 5) is 9.05. The highest BCUT2D eigenvalue weighted by molar-refractivity contribution is 7.11. The molecule has 1 aromatic heterocycles. The van der Waals surface area contributed by atoms with Crippen LogP contribution in [0, 0.1) is 6.92 Å². The van der Waals surface area contributed by atoms with E-state index in [1.54, 1.807) is 0 Å². The molecular formula is C17H29N3S. The van der Waals surface area contributed by atoms with Crippen molar-refractivity contribution in [2.24, 2.45) is 0 Å². The summed E-state index contributed by atoms with van der Waals surface area (Å²) in [7, 11) is 0. The van der Waals surface area contributed by atoms with Crippen LogP contribution in [0.25, 0.3) is 0 Å². The van der Waals surface area contributed by atoms with E-state index in [0.717, 1.165) is 12.5 Å². The summed E-state index contributed by atoms with van der Waals surface area (Å²) in [6, 6.07) is 0.743. The molecule has 1 N–H and O–H groups in total. The van der Waals surface area contributed by atoms with Crippen LogP contribution in [-0.4, -0.2) is 35.6 Å². The summed E-state index contributed by atoms with van der Waals surface area (Å²) in [6.45, 7) is 10.4. The number of thiazole rings is 1. The van der Waals surface area contributed by atoms with Gasteiger partial charge in [0.2, 0.25) is 0 Å². The number of likely N-dealkylation sites (tertiary alicyclic amines) is 1. The lowest BCUT2D eigenvalue weighted by atomic mass is 9.91. The Morgan fingerprint density at radius 1 is 1.29 bits per heavy atom. The number of hydrogen-bond donors (Lipinski definition) is 1. The van der Waals surface area contributed by atoms with Crippen LogP contribution in [-0.2, 0) is 12.0 Å². The van der Waals surface area contributed by atoms with Gasteiger partial charge in [-0.1, -0.05) is 13.8 Å². The number of nitrogens with one attached hydrogen (secondary N) is 1. The second-order valence-corrected chi connectivity index (χ2v) is 7.87. The highest BCUT2D eigenvalue weighted by atomic mass is 32.1. The molecule has 118 valence electrons. The van der Waals surface area contributed by atoms with E-state index in [0.29, 0.717) is 0 Å². The zero-order valence-corrected chi connectivity index (χ0v) is 14.6. The van der Waals surface area contributed by atoms with Gasteiger partial charge in [-0.25, -0.2) is 4.98 Å². The van der Waals surface area contributed by atoms with Crippen molar-refractivity contribution in [1.82, 2.24) is 15.2 Å². The lowest BCUT2D eigenvalue weighted by molar-refractivity contribution is 0.261. The van der Waals surface area contributed by atoms with Crippen LogP contribution >= 0.6 is 11.3 Å². The molecule has 4 heteroatoms. The Morgan fingerprint density at radius 3 is 2.71 bits per heavy atom. The Bertz CT molecular complexity index is 480. The minimum absolute atomic E-state index is 0.147. The SMILES string of the molecule is CCc1nc(C2(NC3CC3)CCCN(CC)CC2)sc1C. The Kier molecular flexibility index (Phi) is 4.67. The van der Waals surface area contributed by atoms with Crippen LogP contribution in [0.1, 0.15) is 61.5 Å². The van der Waals surface area contributed by atoms with Crippen molar-refractivity contribution < 1.29 is 0 Å². The highest BCUT2D eigenvalue weighted by Crippen LogP contribution is 2.39. The minimum atomic E-state index is 0.147.